The molecule has 0 bridgehead atoms. The van der Waals surface area contributed by atoms with Gasteiger partial charge in [0.05, 0.1) is 0 Å². The van der Waals surface area contributed by atoms with Crippen LogP contribution in [0.1, 0.15) is 44.1 Å². The number of carbonyl (C=O) groups excluding carboxylic acids is 1. The predicted octanol–water partition coefficient (Wildman–Crippen LogP) is 3.53. The highest BCUT2D eigenvalue weighted by atomic mass is 79.9. The lowest BCUT2D eigenvalue weighted by molar-refractivity contribution is 0.0685. The highest BCUT2D eigenvalue weighted by Gasteiger charge is 2.29. The van der Waals surface area contributed by atoms with Gasteiger partial charge in [-0.3, -0.25) is 4.79 Å². The lowest BCUT2D eigenvalue weighted by atomic mass is 10.2. The van der Waals surface area contributed by atoms with Gasteiger partial charge < -0.3 is 9.47 Å². The van der Waals surface area contributed by atoms with E-state index in [1.165, 1.54) is 12.8 Å². The van der Waals surface area contributed by atoms with Gasteiger partial charge in [0.15, 0.2) is 0 Å². The molecule has 2 rings (SSSR count). The molecule has 0 unspecified atom stereocenters. The van der Waals surface area contributed by atoms with Crippen molar-refractivity contribution in [3.05, 3.63) is 22.4 Å². The Labute approximate surface area is 117 Å². The first-order chi connectivity index (χ1) is 8.52. The van der Waals surface area contributed by atoms with E-state index in [2.05, 4.69) is 36.7 Å². The van der Waals surface area contributed by atoms with Gasteiger partial charge in [-0.2, -0.15) is 0 Å². The zero-order valence-electron chi connectivity index (χ0n) is 11.3. The lowest BCUT2D eigenvalue weighted by Crippen LogP contribution is -2.39. The molecule has 100 valence electrons. The third-order valence-electron chi connectivity index (χ3n) is 3.46. The fourth-order valence-electron chi connectivity index (χ4n) is 2.17. The summed E-state index contributed by atoms with van der Waals surface area (Å²) in [4.78, 5) is 14.6. The zero-order valence-corrected chi connectivity index (χ0v) is 12.9. The second-order valence-electron chi connectivity index (χ2n) is 5.32. The SMILES string of the molecule is CCn1cc(Br)cc1C(=O)N(CC1CC1)C(C)C. The molecule has 3 nitrogen and oxygen atoms in total. The molecule has 0 aromatic carbocycles. The smallest absolute Gasteiger partial charge is 0.270 e. The molecule has 18 heavy (non-hydrogen) atoms. The van der Waals surface area contributed by atoms with Crippen LogP contribution in [0.4, 0.5) is 0 Å². The molecule has 4 heteroatoms. The largest absolute Gasteiger partial charge is 0.343 e. The number of rotatable bonds is 5. The van der Waals surface area contributed by atoms with E-state index >= 15 is 0 Å². The lowest BCUT2D eigenvalue weighted by Gasteiger charge is -2.27. The molecule has 0 spiro atoms. The summed E-state index contributed by atoms with van der Waals surface area (Å²) >= 11 is 3.45. The van der Waals surface area contributed by atoms with Gasteiger partial charge in [-0.1, -0.05) is 0 Å². The van der Waals surface area contributed by atoms with Crippen molar-refractivity contribution < 1.29 is 4.79 Å². The monoisotopic (exact) mass is 312 g/mol. The fraction of sp³-hybridized carbons (Fsp3) is 0.643. The minimum atomic E-state index is 0.157. The predicted molar refractivity (Wildman–Crippen MR) is 76.7 cm³/mol. The van der Waals surface area contributed by atoms with Crippen molar-refractivity contribution in [2.45, 2.75) is 46.2 Å². The number of aryl methyl sites for hydroxylation is 1. The highest BCUT2D eigenvalue weighted by molar-refractivity contribution is 9.10. The summed E-state index contributed by atoms with van der Waals surface area (Å²) in [7, 11) is 0. The van der Waals surface area contributed by atoms with Gasteiger partial charge in [0.25, 0.3) is 5.91 Å². The molecule has 0 saturated heterocycles. The van der Waals surface area contributed by atoms with E-state index in [1.54, 1.807) is 0 Å². The first kappa shape index (κ1) is 13.7. The van der Waals surface area contributed by atoms with Crippen LogP contribution in [0.2, 0.25) is 0 Å². The topological polar surface area (TPSA) is 25.2 Å². The van der Waals surface area contributed by atoms with Crippen molar-refractivity contribution >= 4 is 21.8 Å². The zero-order chi connectivity index (χ0) is 13.3. The maximum absolute atomic E-state index is 12.6. The number of nitrogens with zero attached hydrogens (tertiary/aromatic N) is 2. The second-order valence-corrected chi connectivity index (χ2v) is 6.24. The summed E-state index contributed by atoms with van der Waals surface area (Å²) in [5, 5.41) is 0. The van der Waals surface area contributed by atoms with E-state index in [0.717, 1.165) is 29.2 Å². The number of amides is 1. The molecule has 1 aliphatic rings. The van der Waals surface area contributed by atoms with Crippen molar-refractivity contribution in [3.63, 3.8) is 0 Å². The molecule has 0 atom stereocenters. The minimum absolute atomic E-state index is 0.157. The van der Waals surface area contributed by atoms with Gasteiger partial charge in [-0.25, -0.2) is 0 Å². The van der Waals surface area contributed by atoms with Crippen molar-refractivity contribution in [1.82, 2.24) is 9.47 Å². The van der Waals surface area contributed by atoms with E-state index in [0.29, 0.717) is 0 Å². The first-order valence-electron chi connectivity index (χ1n) is 6.69. The van der Waals surface area contributed by atoms with Gasteiger partial charge in [-0.15, -0.1) is 0 Å². The van der Waals surface area contributed by atoms with Gasteiger partial charge in [0.2, 0.25) is 0 Å². The van der Waals surface area contributed by atoms with Crippen LogP contribution in [0.15, 0.2) is 16.7 Å². The third-order valence-corrected chi connectivity index (χ3v) is 3.89. The minimum Gasteiger partial charge on any atom is -0.343 e. The average molecular weight is 313 g/mol. The Morgan fingerprint density at radius 1 is 1.56 bits per heavy atom. The molecule has 1 amide bonds. The van der Waals surface area contributed by atoms with Crippen molar-refractivity contribution in [3.8, 4) is 0 Å². The average Bonchev–Trinajstić information content (AvgIpc) is 3.06. The quantitative estimate of drug-likeness (QED) is 0.816. The van der Waals surface area contributed by atoms with Crippen molar-refractivity contribution in [1.29, 1.82) is 0 Å². The first-order valence-corrected chi connectivity index (χ1v) is 7.48. The van der Waals surface area contributed by atoms with Gasteiger partial charge >= 0.3 is 0 Å². The molecule has 1 fully saturated rings. The van der Waals surface area contributed by atoms with Gasteiger partial charge in [0.1, 0.15) is 5.69 Å². The van der Waals surface area contributed by atoms with Crippen LogP contribution in [-0.2, 0) is 6.54 Å². The van der Waals surface area contributed by atoms with E-state index in [1.807, 2.05) is 21.7 Å². The Morgan fingerprint density at radius 2 is 2.22 bits per heavy atom. The van der Waals surface area contributed by atoms with Crippen molar-refractivity contribution in [2.75, 3.05) is 6.54 Å². The highest BCUT2D eigenvalue weighted by Crippen LogP contribution is 2.31. The summed E-state index contributed by atoms with van der Waals surface area (Å²) in [6, 6.07) is 2.19. The van der Waals surface area contributed by atoms with Crippen LogP contribution in [0, 0.1) is 5.92 Å². The Balaban J connectivity index is 2.20. The molecule has 1 heterocycles. The van der Waals surface area contributed by atoms with E-state index in [9.17, 15) is 4.79 Å². The molecule has 0 N–H and O–H groups in total. The Bertz CT molecular complexity index is 435. The van der Waals surface area contributed by atoms with E-state index < -0.39 is 0 Å². The fourth-order valence-corrected chi connectivity index (χ4v) is 2.63. The Morgan fingerprint density at radius 3 is 2.72 bits per heavy atom. The summed E-state index contributed by atoms with van der Waals surface area (Å²) < 4.78 is 2.98. The van der Waals surface area contributed by atoms with Crippen LogP contribution in [-0.4, -0.2) is 28.0 Å². The molecular formula is C14H21BrN2O. The summed E-state index contributed by atoms with van der Waals surface area (Å²) in [6.45, 7) is 7.97. The molecular weight excluding hydrogens is 292 g/mol. The maximum atomic E-state index is 12.6. The number of carbonyl (C=O) groups is 1. The molecule has 0 radical (unpaired) electrons. The number of hydrogen-bond donors (Lipinski definition) is 0. The molecule has 0 aliphatic heterocycles. The Hall–Kier alpha value is -0.770. The standard InChI is InChI=1S/C14H21BrN2O/c1-4-16-9-12(15)7-13(16)14(18)17(10(2)3)8-11-5-6-11/h7,9-11H,4-6,8H2,1-3H3. The van der Waals surface area contributed by atoms with Crippen LogP contribution >= 0.6 is 15.9 Å². The summed E-state index contributed by atoms with van der Waals surface area (Å²) in [5.41, 5.74) is 0.790. The van der Waals surface area contributed by atoms with Gasteiger partial charge in [-0.05, 0) is 61.5 Å². The van der Waals surface area contributed by atoms with Crippen LogP contribution in [0.3, 0.4) is 0 Å². The number of hydrogen-bond acceptors (Lipinski definition) is 1. The maximum Gasteiger partial charge on any atom is 0.270 e. The normalized spacial score (nSPS) is 15.2. The van der Waals surface area contributed by atoms with Crippen LogP contribution in [0.5, 0.6) is 0 Å². The third kappa shape index (κ3) is 2.97. The Kier molecular flexibility index (Phi) is 4.15. The van der Waals surface area contributed by atoms with E-state index in [4.69, 9.17) is 0 Å². The molecule has 1 saturated carbocycles. The summed E-state index contributed by atoms with van der Waals surface area (Å²) in [6.07, 6.45) is 4.52. The van der Waals surface area contributed by atoms with Gasteiger partial charge in [0, 0.05) is 29.8 Å². The molecule has 1 aromatic rings. The van der Waals surface area contributed by atoms with Crippen LogP contribution in [0.25, 0.3) is 0 Å². The molecule has 1 aromatic heterocycles. The number of aromatic nitrogens is 1. The van der Waals surface area contributed by atoms with Crippen molar-refractivity contribution in [2.24, 2.45) is 5.92 Å². The summed E-state index contributed by atoms with van der Waals surface area (Å²) in [5.74, 6) is 0.884. The second kappa shape index (κ2) is 5.47. The number of halogens is 1. The molecule has 1 aliphatic carbocycles. The van der Waals surface area contributed by atoms with E-state index in [-0.39, 0.29) is 11.9 Å². The van der Waals surface area contributed by atoms with Crippen LogP contribution < -0.4 is 0 Å².